The van der Waals surface area contributed by atoms with Gasteiger partial charge in [-0.05, 0) is 50.7 Å². The van der Waals surface area contributed by atoms with E-state index >= 15 is 0 Å². The van der Waals surface area contributed by atoms with E-state index in [0.717, 1.165) is 49.7 Å². The standard InChI is InChI=1S/C19H25N5O/c1-15-5-3-6-17(22-15)19(25)21-14-16-7-8-18(20-13-16)24-10-4-9-23(2)11-12-24/h3,5-8,13H,4,9-12,14H2,1-2H3,(H,21,25). The Hall–Kier alpha value is -2.47. The Balaban J connectivity index is 1.56. The number of aryl methyl sites for hydroxylation is 1. The van der Waals surface area contributed by atoms with E-state index in [0.29, 0.717) is 12.2 Å². The third-order valence-electron chi connectivity index (χ3n) is 4.43. The second-order valence-electron chi connectivity index (χ2n) is 6.52. The van der Waals surface area contributed by atoms with E-state index < -0.39 is 0 Å². The van der Waals surface area contributed by atoms with Crippen LogP contribution in [0.4, 0.5) is 5.82 Å². The number of nitrogens with one attached hydrogen (secondary N) is 1. The summed E-state index contributed by atoms with van der Waals surface area (Å²) in [5.74, 6) is 0.842. The number of pyridine rings is 2. The first kappa shape index (κ1) is 17.4. The lowest BCUT2D eigenvalue weighted by Gasteiger charge is -2.21. The Kier molecular flexibility index (Phi) is 5.60. The van der Waals surface area contributed by atoms with Crippen molar-refractivity contribution >= 4 is 11.7 Å². The summed E-state index contributed by atoms with van der Waals surface area (Å²) in [6.45, 7) is 6.55. The van der Waals surface area contributed by atoms with Crippen LogP contribution in [0.15, 0.2) is 36.5 Å². The Morgan fingerprint density at radius 3 is 2.80 bits per heavy atom. The number of likely N-dealkylation sites (N-methyl/N-ethyl adjacent to an activating group) is 1. The molecule has 6 nitrogen and oxygen atoms in total. The Morgan fingerprint density at radius 1 is 1.16 bits per heavy atom. The summed E-state index contributed by atoms with van der Waals surface area (Å²) >= 11 is 0. The summed E-state index contributed by atoms with van der Waals surface area (Å²) in [6, 6.07) is 9.50. The smallest absolute Gasteiger partial charge is 0.270 e. The Morgan fingerprint density at radius 2 is 2.04 bits per heavy atom. The number of carbonyl (C=O) groups is 1. The van der Waals surface area contributed by atoms with E-state index in [9.17, 15) is 4.79 Å². The van der Waals surface area contributed by atoms with Crippen molar-refractivity contribution < 1.29 is 4.79 Å². The molecule has 25 heavy (non-hydrogen) atoms. The monoisotopic (exact) mass is 339 g/mol. The van der Waals surface area contributed by atoms with E-state index in [1.807, 2.05) is 37.4 Å². The quantitative estimate of drug-likeness (QED) is 0.921. The molecule has 0 aliphatic carbocycles. The molecule has 0 unspecified atom stereocenters. The molecule has 3 rings (SSSR count). The lowest BCUT2D eigenvalue weighted by atomic mass is 10.2. The molecule has 1 amide bonds. The molecule has 1 aliphatic heterocycles. The highest BCUT2D eigenvalue weighted by molar-refractivity contribution is 5.92. The SMILES string of the molecule is Cc1cccc(C(=O)NCc2ccc(N3CCCN(C)CC3)nc2)n1. The van der Waals surface area contributed by atoms with Gasteiger partial charge in [0.25, 0.3) is 5.91 Å². The molecule has 2 aromatic heterocycles. The number of hydrogen-bond acceptors (Lipinski definition) is 5. The van der Waals surface area contributed by atoms with Crippen LogP contribution in [0.5, 0.6) is 0 Å². The lowest BCUT2D eigenvalue weighted by Crippen LogP contribution is -2.29. The van der Waals surface area contributed by atoms with Crippen molar-refractivity contribution in [2.45, 2.75) is 19.9 Å². The zero-order valence-corrected chi connectivity index (χ0v) is 14.9. The molecular formula is C19H25N5O. The van der Waals surface area contributed by atoms with Gasteiger partial charge in [0.2, 0.25) is 0 Å². The molecule has 0 atom stereocenters. The van der Waals surface area contributed by atoms with Crippen LogP contribution in [0.2, 0.25) is 0 Å². The molecule has 3 heterocycles. The zero-order chi connectivity index (χ0) is 17.6. The van der Waals surface area contributed by atoms with Crippen molar-refractivity contribution in [2.75, 3.05) is 38.1 Å². The van der Waals surface area contributed by atoms with Crippen LogP contribution in [0, 0.1) is 6.92 Å². The second-order valence-corrected chi connectivity index (χ2v) is 6.52. The highest BCUT2D eigenvalue weighted by Crippen LogP contribution is 2.14. The average molecular weight is 339 g/mol. The summed E-state index contributed by atoms with van der Waals surface area (Å²) < 4.78 is 0. The van der Waals surface area contributed by atoms with Crippen LogP contribution < -0.4 is 10.2 Å². The van der Waals surface area contributed by atoms with Gasteiger partial charge < -0.3 is 15.1 Å². The molecule has 2 aromatic rings. The fourth-order valence-electron chi connectivity index (χ4n) is 2.93. The summed E-state index contributed by atoms with van der Waals surface area (Å²) in [5.41, 5.74) is 2.26. The van der Waals surface area contributed by atoms with Crippen LogP contribution in [-0.4, -0.2) is 54.0 Å². The number of carbonyl (C=O) groups excluding carboxylic acids is 1. The molecule has 0 saturated carbocycles. The van der Waals surface area contributed by atoms with Crippen molar-refractivity contribution in [3.63, 3.8) is 0 Å². The molecule has 1 fully saturated rings. The maximum absolute atomic E-state index is 12.1. The fourth-order valence-corrected chi connectivity index (χ4v) is 2.93. The van der Waals surface area contributed by atoms with Crippen molar-refractivity contribution in [3.8, 4) is 0 Å². The van der Waals surface area contributed by atoms with Gasteiger partial charge in [0.15, 0.2) is 0 Å². The molecule has 132 valence electrons. The topological polar surface area (TPSA) is 61.4 Å². The van der Waals surface area contributed by atoms with Gasteiger partial charge in [0.05, 0.1) is 0 Å². The Bertz CT molecular complexity index is 716. The second kappa shape index (κ2) is 8.07. The molecule has 0 radical (unpaired) electrons. The van der Waals surface area contributed by atoms with Crippen LogP contribution in [0.25, 0.3) is 0 Å². The number of hydrogen-bond donors (Lipinski definition) is 1. The third-order valence-corrected chi connectivity index (χ3v) is 4.43. The fraction of sp³-hybridized carbons (Fsp3) is 0.421. The molecule has 0 spiro atoms. The molecule has 6 heteroatoms. The molecule has 1 N–H and O–H groups in total. The number of rotatable bonds is 4. The van der Waals surface area contributed by atoms with Gasteiger partial charge in [-0.15, -0.1) is 0 Å². The predicted octanol–water partition coefficient (Wildman–Crippen LogP) is 1.86. The molecular weight excluding hydrogens is 314 g/mol. The Labute approximate surface area is 148 Å². The van der Waals surface area contributed by atoms with Gasteiger partial charge in [0, 0.05) is 38.1 Å². The van der Waals surface area contributed by atoms with E-state index in [2.05, 4.69) is 32.1 Å². The molecule has 0 bridgehead atoms. The number of amides is 1. The van der Waals surface area contributed by atoms with Gasteiger partial charge in [-0.1, -0.05) is 12.1 Å². The number of aromatic nitrogens is 2. The number of nitrogens with zero attached hydrogens (tertiary/aromatic N) is 4. The first-order valence-electron chi connectivity index (χ1n) is 8.72. The van der Waals surface area contributed by atoms with E-state index in [1.165, 1.54) is 0 Å². The van der Waals surface area contributed by atoms with Crippen LogP contribution in [0.1, 0.15) is 28.2 Å². The van der Waals surface area contributed by atoms with Crippen molar-refractivity contribution in [1.29, 1.82) is 0 Å². The summed E-state index contributed by atoms with van der Waals surface area (Å²) in [4.78, 5) is 25.6. The van der Waals surface area contributed by atoms with Gasteiger partial charge in [0.1, 0.15) is 11.5 Å². The summed E-state index contributed by atoms with van der Waals surface area (Å²) in [5, 5.41) is 2.90. The van der Waals surface area contributed by atoms with Gasteiger partial charge in [-0.2, -0.15) is 0 Å². The van der Waals surface area contributed by atoms with Crippen molar-refractivity contribution in [1.82, 2.24) is 20.2 Å². The normalized spacial score (nSPS) is 15.7. The van der Waals surface area contributed by atoms with Crippen molar-refractivity contribution in [2.24, 2.45) is 0 Å². The molecule has 1 saturated heterocycles. The zero-order valence-electron chi connectivity index (χ0n) is 14.9. The number of anilines is 1. The largest absolute Gasteiger partial charge is 0.355 e. The minimum absolute atomic E-state index is 0.164. The van der Waals surface area contributed by atoms with Crippen molar-refractivity contribution in [3.05, 3.63) is 53.5 Å². The van der Waals surface area contributed by atoms with E-state index in [1.54, 1.807) is 6.07 Å². The summed E-state index contributed by atoms with van der Waals surface area (Å²) in [7, 11) is 2.16. The highest BCUT2D eigenvalue weighted by atomic mass is 16.1. The third kappa shape index (κ3) is 4.76. The maximum Gasteiger partial charge on any atom is 0.270 e. The van der Waals surface area contributed by atoms with E-state index in [4.69, 9.17) is 0 Å². The first-order chi connectivity index (χ1) is 12.1. The lowest BCUT2D eigenvalue weighted by molar-refractivity contribution is 0.0945. The minimum Gasteiger partial charge on any atom is -0.355 e. The van der Waals surface area contributed by atoms with Crippen LogP contribution in [0.3, 0.4) is 0 Å². The minimum atomic E-state index is -0.164. The highest BCUT2D eigenvalue weighted by Gasteiger charge is 2.13. The molecule has 0 aromatic carbocycles. The van der Waals surface area contributed by atoms with Gasteiger partial charge in [-0.25, -0.2) is 9.97 Å². The first-order valence-corrected chi connectivity index (χ1v) is 8.72. The van der Waals surface area contributed by atoms with Gasteiger partial charge >= 0.3 is 0 Å². The van der Waals surface area contributed by atoms with Crippen LogP contribution in [-0.2, 0) is 6.54 Å². The maximum atomic E-state index is 12.1. The van der Waals surface area contributed by atoms with Crippen LogP contribution >= 0.6 is 0 Å². The van der Waals surface area contributed by atoms with Gasteiger partial charge in [-0.3, -0.25) is 4.79 Å². The summed E-state index contributed by atoms with van der Waals surface area (Å²) in [6.07, 6.45) is 2.99. The van der Waals surface area contributed by atoms with E-state index in [-0.39, 0.29) is 5.91 Å². The average Bonchev–Trinajstić information content (AvgIpc) is 2.85. The molecule has 1 aliphatic rings. The predicted molar refractivity (Wildman–Crippen MR) is 98.7 cm³/mol.